The SMILES string of the molecule is CN(C)C=CC(=O)C=Cc1ccco1. The fourth-order valence-electron chi connectivity index (χ4n) is 0.828. The van der Waals surface area contributed by atoms with E-state index in [4.69, 9.17) is 4.42 Å². The summed E-state index contributed by atoms with van der Waals surface area (Å²) in [5.74, 6) is 0.617. The van der Waals surface area contributed by atoms with E-state index < -0.39 is 0 Å². The molecule has 0 aliphatic carbocycles. The zero-order valence-corrected chi connectivity index (χ0v) is 8.31. The van der Waals surface area contributed by atoms with E-state index in [0.29, 0.717) is 5.76 Å². The molecule has 0 bridgehead atoms. The number of carbonyl (C=O) groups excluding carboxylic acids is 1. The monoisotopic (exact) mass is 191 g/mol. The lowest BCUT2D eigenvalue weighted by atomic mass is 10.3. The molecule has 0 saturated heterocycles. The average molecular weight is 191 g/mol. The summed E-state index contributed by atoms with van der Waals surface area (Å²) in [7, 11) is 3.72. The highest BCUT2D eigenvalue weighted by Crippen LogP contribution is 2.02. The molecule has 0 unspecified atom stereocenters. The van der Waals surface area contributed by atoms with Gasteiger partial charge in [-0.05, 0) is 24.3 Å². The van der Waals surface area contributed by atoms with E-state index in [-0.39, 0.29) is 5.78 Å². The smallest absolute Gasteiger partial charge is 0.180 e. The van der Waals surface area contributed by atoms with Crippen molar-refractivity contribution in [2.75, 3.05) is 14.1 Å². The normalized spacial score (nSPS) is 11.3. The maximum absolute atomic E-state index is 11.2. The first-order valence-corrected chi connectivity index (χ1v) is 4.28. The maximum Gasteiger partial charge on any atom is 0.180 e. The maximum atomic E-state index is 11.2. The highest BCUT2D eigenvalue weighted by molar-refractivity contribution is 6.01. The molecule has 1 aromatic rings. The molecular weight excluding hydrogens is 178 g/mol. The van der Waals surface area contributed by atoms with Crippen molar-refractivity contribution in [3.8, 4) is 0 Å². The second kappa shape index (κ2) is 5.07. The zero-order chi connectivity index (χ0) is 10.4. The summed E-state index contributed by atoms with van der Waals surface area (Å²) < 4.78 is 5.04. The van der Waals surface area contributed by atoms with Crippen molar-refractivity contribution in [3.05, 3.63) is 42.5 Å². The summed E-state index contributed by atoms with van der Waals surface area (Å²) in [6, 6.07) is 3.57. The summed E-state index contributed by atoms with van der Waals surface area (Å²) in [5.41, 5.74) is 0. The largest absolute Gasteiger partial charge is 0.465 e. The molecule has 3 heteroatoms. The third-order valence-corrected chi connectivity index (χ3v) is 1.49. The number of furan rings is 1. The van der Waals surface area contributed by atoms with E-state index in [0.717, 1.165) is 0 Å². The highest BCUT2D eigenvalue weighted by Gasteiger charge is 1.91. The highest BCUT2D eigenvalue weighted by atomic mass is 16.3. The van der Waals surface area contributed by atoms with Crippen LogP contribution < -0.4 is 0 Å². The Hall–Kier alpha value is -1.77. The van der Waals surface area contributed by atoms with E-state index in [9.17, 15) is 4.79 Å². The van der Waals surface area contributed by atoms with E-state index in [2.05, 4.69) is 0 Å². The molecule has 0 spiro atoms. The number of nitrogens with zero attached hydrogens (tertiary/aromatic N) is 1. The third-order valence-electron chi connectivity index (χ3n) is 1.49. The minimum absolute atomic E-state index is 0.0601. The molecule has 0 radical (unpaired) electrons. The van der Waals surface area contributed by atoms with Gasteiger partial charge in [-0.3, -0.25) is 4.79 Å². The van der Waals surface area contributed by atoms with Crippen LogP contribution in [0.2, 0.25) is 0 Å². The number of carbonyl (C=O) groups is 1. The number of hydrogen-bond acceptors (Lipinski definition) is 3. The Morgan fingerprint density at radius 3 is 2.79 bits per heavy atom. The summed E-state index contributed by atoms with van der Waals surface area (Å²) in [4.78, 5) is 13.0. The average Bonchev–Trinajstić information content (AvgIpc) is 2.63. The van der Waals surface area contributed by atoms with Crippen LogP contribution in [0.5, 0.6) is 0 Å². The molecule has 0 aliphatic rings. The van der Waals surface area contributed by atoms with Crippen LogP contribution in [0.15, 0.2) is 41.2 Å². The second-order valence-electron chi connectivity index (χ2n) is 3.03. The molecule has 0 atom stereocenters. The van der Waals surface area contributed by atoms with Crippen LogP contribution in [0.1, 0.15) is 5.76 Å². The van der Waals surface area contributed by atoms with Gasteiger partial charge in [-0.25, -0.2) is 0 Å². The van der Waals surface area contributed by atoms with E-state index in [1.807, 2.05) is 14.1 Å². The van der Waals surface area contributed by atoms with Crippen molar-refractivity contribution >= 4 is 11.9 Å². The van der Waals surface area contributed by atoms with Gasteiger partial charge < -0.3 is 9.32 Å². The van der Waals surface area contributed by atoms with E-state index in [1.165, 1.54) is 12.2 Å². The Labute approximate surface area is 83.3 Å². The molecule has 0 amide bonds. The topological polar surface area (TPSA) is 33.5 Å². The van der Waals surface area contributed by atoms with Crippen molar-refractivity contribution < 1.29 is 9.21 Å². The molecule has 1 rings (SSSR count). The lowest BCUT2D eigenvalue weighted by Gasteiger charge is -2.00. The summed E-state index contributed by atoms with van der Waals surface area (Å²) in [6.07, 6.45) is 7.88. The molecule has 14 heavy (non-hydrogen) atoms. The Balaban J connectivity index is 2.49. The van der Waals surface area contributed by atoms with Gasteiger partial charge >= 0.3 is 0 Å². The fourth-order valence-corrected chi connectivity index (χ4v) is 0.828. The number of allylic oxidation sites excluding steroid dienone is 2. The van der Waals surface area contributed by atoms with E-state index in [1.54, 1.807) is 35.6 Å². The molecule has 0 saturated carbocycles. The third kappa shape index (κ3) is 3.76. The fraction of sp³-hybridized carbons (Fsp3) is 0.182. The van der Waals surface area contributed by atoms with E-state index >= 15 is 0 Å². The Morgan fingerprint density at radius 2 is 2.21 bits per heavy atom. The van der Waals surface area contributed by atoms with Gasteiger partial charge in [0.2, 0.25) is 0 Å². The molecule has 0 N–H and O–H groups in total. The Bertz CT molecular complexity index is 334. The first-order chi connectivity index (χ1) is 6.68. The molecule has 0 aliphatic heterocycles. The molecule has 1 heterocycles. The van der Waals surface area contributed by atoms with Crippen LogP contribution in [-0.4, -0.2) is 24.8 Å². The van der Waals surface area contributed by atoms with Crippen LogP contribution >= 0.6 is 0 Å². The summed E-state index contributed by atoms with van der Waals surface area (Å²) >= 11 is 0. The van der Waals surface area contributed by atoms with Gasteiger partial charge in [0.05, 0.1) is 6.26 Å². The van der Waals surface area contributed by atoms with Gasteiger partial charge in [0, 0.05) is 26.4 Å². The minimum atomic E-state index is -0.0601. The summed E-state index contributed by atoms with van der Waals surface area (Å²) in [6.45, 7) is 0. The zero-order valence-electron chi connectivity index (χ0n) is 8.31. The van der Waals surface area contributed by atoms with Gasteiger partial charge in [0.1, 0.15) is 5.76 Å². The van der Waals surface area contributed by atoms with Gasteiger partial charge in [0.25, 0.3) is 0 Å². The van der Waals surface area contributed by atoms with Crippen LogP contribution in [0.3, 0.4) is 0 Å². The van der Waals surface area contributed by atoms with Gasteiger partial charge in [-0.1, -0.05) is 0 Å². The van der Waals surface area contributed by atoms with Crippen LogP contribution in [0.4, 0.5) is 0 Å². The van der Waals surface area contributed by atoms with Crippen molar-refractivity contribution in [2.24, 2.45) is 0 Å². The molecular formula is C11H13NO2. The predicted octanol–water partition coefficient (Wildman–Crippen LogP) is 1.94. The molecule has 1 aromatic heterocycles. The van der Waals surface area contributed by atoms with Crippen LogP contribution in [-0.2, 0) is 4.79 Å². The van der Waals surface area contributed by atoms with Crippen molar-refractivity contribution in [1.29, 1.82) is 0 Å². The summed E-state index contributed by atoms with van der Waals surface area (Å²) in [5, 5.41) is 0. The lowest BCUT2D eigenvalue weighted by molar-refractivity contribution is -0.110. The first-order valence-electron chi connectivity index (χ1n) is 4.28. The molecule has 0 fully saturated rings. The second-order valence-corrected chi connectivity index (χ2v) is 3.03. The number of rotatable bonds is 4. The van der Waals surface area contributed by atoms with Crippen molar-refractivity contribution in [1.82, 2.24) is 4.90 Å². The Morgan fingerprint density at radius 1 is 1.43 bits per heavy atom. The van der Waals surface area contributed by atoms with Crippen LogP contribution in [0.25, 0.3) is 6.08 Å². The molecule has 74 valence electrons. The quantitative estimate of drug-likeness (QED) is 0.682. The lowest BCUT2D eigenvalue weighted by Crippen LogP contribution is -2.01. The minimum Gasteiger partial charge on any atom is -0.465 e. The number of hydrogen-bond donors (Lipinski definition) is 0. The van der Waals surface area contributed by atoms with Crippen LogP contribution in [0, 0.1) is 0 Å². The standard InChI is InChI=1S/C11H13NO2/c1-12(2)8-7-10(13)5-6-11-4-3-9-14-11/h3-9H,1-2H3. The Kier molecular flexibility index (Phi) is 3.73. The molecule has 0 aromatic carbocycles. The van der Waals surface area contributed by atoms with Gasteiger partial charge in [0.15, 0.2) is 5.78 Å². The van der Waals surface area contributed by atoms with Crippen molar-refractivity contribution in [2.45, 2.75) is 0 Å². The van der Waals surface area contributed by atoms with Crippen molar-refractivity contribution in [3.63, 3.8) is 0 Å². The predicted molar refractivity (Wildman–Crippen MR) is 55.6 cm³/mol. The van der Waals surface area contributed by atoms with Gasteiger partial charge in [-0.2, -0.15) is 0 Å². The first kappa shape index (κ1) is 10.3. The number of ketones is 1. The van der Waals surface area contributed by atoms with Gasteiger partial charge in [-0.15, -0.1) is 0 Å². The molecule has 3 nitrogen and oxygen atoms in total.